The van der Waals surface area contributed by atoms with Crippen LogP contribution in [-0.2, 0) is 6.42 Å². The van der Waals surface area contributed by atoms with E-state index in [4.69, 9.17) is 4.74 Å². The number of halogens is 3. The van der Waals surface area contributed by atoms with Crippen molar-refractivity contribution in [2.75, 3.05) is 0 Å². The number of rotatable bonds is 7. The number of aryl methyl sites for hydroxylation is 1. The van der Waals surface area contributed by atoms with Crippen LogP contribution in [-0.4, -0.2) is 6.11 Å². The largest absolute Gasteiger partial charge is 0.429 e. The smallest absolute Gasteiger partial charge is 0.400 e. The molecule has 0 radical (unpaired) electrons. The maximum absolute atomic E-state index is 14.7. The SMILES string of the molecule is C=CCCc1ccc2cc(OC(F)(F)C3CCC(/C=C/C)CC3)c(F)cc2c1. The Bertz CT molecular complexity index is 848. The van der Waals surface area contributed by atoms with Gasteiger partial charge in [-0.05, 0) is 79.8 Å². The highest BCUT2D eigenvalue weighted by molar-refractivity contribution is 5.84. The van der Waals surface area contributed by atoms with E-state index in [0.29, 0.717) is 42.4 Å². The number of ether oxygens (including phenoxy) is 1. The minimum absolute atomic E-state index is 0.352. The lowest BCUT2D eigenvalue weighted by atomic mass is 9.81. The molecule has 1 aliphatic carbocycles. The molecule has 150 valence electrons. The maximum atomic E-state index is 14.7. The lowest BCUT2D eigenvalue weighted by molar-refractivity contribution is -0.224. The summed E-state index contributed by atoms with van der Waals surface area (Å²) in [5.41, 5.74) is 1.06. The van der Waals surface area contributed by atoms with Gasteiger partial charge < -0.3 is 4.74 Å². The first-order valence-corrected chi connectivity index (χ1v) is 9.95. The number of allylic oxidation sites excluding steroid dienone is 3. The second-order valence-corrected chi connectivity index (χ2v) is 7.59. The summed E-state index contributed by atoms with van der Waals surface area (Å²) in [5.74, 6) is -1.67. The van der Waals surface area contributed by atoms with Crippen molar-refractivity contribution in [1.29, 1.82) is 0 Å². The second kappa shape index (κ2) is 8.85. The predicted molar refractivity (Wildman–Crippen MR) is 108 cm³/mol. The van der Waals surface area contributed by atoms with Gasteiger partial charge in [0.15, 0.2) is 11.6 Å². The Labute approximate surface area is 164 Å². The number of hydrogen-bond acceptors (Lipinski definition) is 1. The van der Waals surface area contributed by atoms with Gasteiger partial charge in [-0.2, -0.15) is 8.78 Å². The lowest BCUT2D eigenvalue weighted by Gasteiger charge is -2.32. The molecule has 0 heterocycles. The fourth-order valence-corrected chi connectivity index (χ4v) is 3.95. The molecule has 0 aromatic heterocycles. The number of alkyl halides is 2. The molecule has 4 heteroatoms. The molecular formula is C24H27F3O. The van der Waals surface area contributed by atoms with Crippen LogP contribution in [0.2, 0.25) is 0 Å². The van der Waals surface area contributed by atoms with Crippen LogP contribution in [0.4, 0.5) is 13.2 Å². The Morgan fingerprint density at radius 1 is 1.11 bits per heavy atom. The summed E-state index contributed by atoms with van der Waals surface area (Å²) < 4.78 is 48.8. The average Bonchev–Trinajstić information content (AvgIpc) is 2.67. The number of fused-ring (bicyclic) bond motifs is 1. The summed E-state index contributed by atoms with van der Waals surface area (Å²) >= 11 is 0. The molecule has 0 amide bonds. The Morgan fingerprint density at radius 2 is 1.86 bits per heavy atom. The molecule has 2 aromatic carbocycles. The van der Waals surface area contributed by atoms with Gasteiger partial charge in [-0.25, -0.2) is 4.39 Å². The van der Waals surface area contributed by atoms with Crippen LogP contribution in [0, 0.1) is 17.7 Å². The molecule has 0 N–H and O–H groups in total. The first-order valence-electron chi connectivity index (χ1n) is 9.95. The average molecular weight is 388 g/mol. The van der Waals surface area contributed by atoms with E-state index in [2.05, 4.69) is 12.7 Å². The molecule has 1 nitrogen and oxygen atoms in total. The topological polar surface area (TPSA) is 9.23 Å². The fourth-order valence-electron chi connectivity index (χ4n) is 3.95. The molecule has 0 bridgehead atoms. The Hall–Kier alpha value is -2.23. The van der Waals surface area contributed by atoms with Gasteiger partial charge in [0, 0.05) is 0 Å². The van der Waals surface area contributed by atoms with Gasteiger partial charge in [0.05, 0.1) is 5.92 Å². The van der Waals surface area contributed by atoms with E-state index >= 15 is 0 Å². The minimum Gasteiger partial charge on any atom is -0.429 e. The van der Waals surface area contributed by atoms with Crippen LogP contribution in [0.25, 0.3) is 10.8 Å². The maximum Gasteiger partial charge on any atom is 0.400 e. The molecule has 1 saturated carbocycles. The first-order chi connectivity index (χ1) is 13.4. The van der Waals surface area contributed by atoms with Crippen LogP contribution in [0.3, 0.4) is 0 Å². The first kappa shape index (κ1) is 20.5. The van der Waals surface area contributed by atoms with E-state index in [1.54, 1.807) is 0 Å². The Balaban J connectivity index is 1.75. The third kappa shape index (κ3) is 4.78. The summed E-state index contributed by atoms with van der Waals surface area (Å²) in [5, 5.41) is 1.37. The Kier molecular flexibility index (Phi) is 6.48. The van der Waals surface area contributed by atoms with Crippen molar-refractivity contribution in [3.05, 3.63) is 66.5 Å². The standard InChI is InChI=1S/C24H27F3O/c1-3-5-7-18-8-11-19-16-23(22(25)15-20(19)14-18)28-24(26,27)21-12-9-17(6-4-2)10-13-21/h3-4,6,8,11,14-17,21H,1,5,7,9-10,12-13H2,2H3/b6-4+. The highest BCUT2D eigenvalue weighted by Crippen LogP contribution is 2.41. The van der Waals surface area contributed by atoms with E-state index in [9.17, 15) is 13.2 Å². The van der Waals surface area contributed by atoms with Gasteiger partial charge in [0.1, 0.15) is 0 Å². The summed E-state index contributed by atoms with van der Waals surface area (Å²) in [4.78, 5) is 0. The van der Waals surface area contributed by atoms with Crippen molar-refractivity contribution in [2.24, 2.45) is 11.8 Å². The van der Waals surface area contributed by atoms with Crippen LogP contribution in [0.5, 0.6) is 5.75 Å². The normalized spacial score (nSPS) is 20.6. The zero-order chi connectivity index (χ0) is 20.1. The van der Waals surface area contributed by atoms with Crippen molar-refractivity contribution >= 4 is 10.8 Å². The van der Waals surface area contributed by atoms with Gasteiger partial charge >= 0.3 is 6.11 Å². The zero-order valence-corrected chi connectivity index (χ0v) is 16.3. The third-order valence-corrected chi connectivity index (χ3v) is 5.55. The van der Waals surface area contributed by atoms with E-state index in [-0.39, 0.29) is 5.75 Å². The molecule has 28 heavy (non-hydrogen) atoms. The van der Waals surface area contributed by atoms with E-state index in [0.717, 1.165) is 18.4 Å². The summed E-state index contributed by atoms with van der Waals surface area (Å²) in [7, 11) is 0. The summed E-state index contributed by atoms with van der Waals surface area (Å²) in [6.07, 6.45) is 6.31. The van der Waals surface area contributed by atoms with Crippen LogP contribution >= 0.6 is 0 Å². The van der Waals surface area contributed by atoms with Gasteiger partial charge in [-0.1, -0.05) is 36.4 Å². The van der Waals surface area contributed by atoms with Gasteiger partial charge in [-0.15, -0.1) is 6.58 Å². The van der Waals surface area contributed by atoms with Gasteiger partial charge in [0.25, 0.3) is 0 Å². The molecule has 0 atom stereocenters. The predicted octanol–water partition coefficient (Wildman–Crippen LogP) is 7.45. The van der Waals surface area contributed by atoms with Crippen molar-refractivity contribution < 1.29 is 17.9 Å². The molecular weight excluding hydrogens is 361 g/mol. The van der Waals surface area contributed by atoms with Crippen LogP contribution in [0.15, 0.2) is 55.1 Å². The van der Waals surface area contributed by atoms with Crippen LogP contribution < -0.4 is 4.74 Å². The molecule has 0 saturated heterocycles. The van der Waals surface area contributed by atoms with Crippen molar-refractivity contribution in [1.82, 2.24) is 0 Å². The number of benzene rings is 2. The van der Waals surface area contributed by atoms with E-state index in [1.807, 2.05) is 37.3 Å². The lowest BCUT2D eigenvalue weighted by Crippen LogP contribution is -2.37. The second-order valence-electron chi connectivity index (χ2n) is 7.59. The Morgan fingerprint density at radius 3 is 2.54 bits per heavy atom. The highest BCUT2D eigenvalue weighted by Gasteiger charge is 2.44. The molecule has 1 fully saturated rings. The van der Waals surface area contributed by atoms with Crippen LogP contribution in [0.1, 0.15) is 44.6 Å². The monoisotopic (exact) mass is 388 g/mol. The molecule has 1 aliphatic rings. The fraction of sp³-hybridized carbons (Fsp3) is 0.417. The van der Waals surface area contributed by atoms with Crippen molar-refractivity contribution in [3.63, 3.8) is 0 Å². The van der Waals surface area contributed by atoms with E-state index < -0.39 is 17.8 Å². The number of hydrogen-bond donors (Lipinski definition) is 0. The van der Waals surface area contributed by atoms with Gasteiger partial charge in [-0.3, -0.25) is 0 Å². The highest BCUT2D eigenvalue weighted by atomic mass is 19.3. The molecule has 2 aromatic rings. The summed E-state index contributed by atoms with van der Waals surface area (Å²) in [6, 6.07) is 8.28. The quantitative estimate of drug-likeness (QED) is 0.448. The molecule has 3 rings (SSSR count). The zero-order valence-electron chi connectivity index (χ0n) is 16.3. The van der Waals surface area contributed by atoms with E-state index in [1.165, 1.54) is 12.1 Å². The molecule has 0 spiro atoms. The van der Waals surface area contributed by atoms with Gasteiger partial charge in [0.2, 0.25) is 0 Å². The molecule has 0 aliphatic heterocycles. The molecule has 0 unspecified atom stereocenters. The summed E-state index contributed by atoms with van der Waals surface area (Å²) in [6.45, 7) is 5.64. The van der Waals surface area contributed by atoms with Crippen molar-refractivity contribution in [2.45, 2.75) is 51.6 Å². The minimum atomic E-state index is -3.38. The third-order valence-electron chi connectivity index (χ3n) is 5.55. The van der Waals surface area contributed by atoms with Crippen molar-refractivity contribution in [3.8, 4) is 5.75 Å².